The molecule has 0 radical (unpaired) electrons. The third kappa shape index (κ3) is 6.14. The number of amides is 1. The summed E-state index contributed by atoms with van der Waals surface area (Å²) in [5, 5.41) is 10.2. The molecule has 0 aliphatic heterocycles. The van der Waals surface area contributed by atoms with Crippen LogP contribution in [0.3, 0.4) is 0 Å². The highest BCUT2D eigenvalue weighted by atomic mass is 32.2. The standard InChI is InChI=1S/C31H28F2N8O3S/c1-31(2,3)30(42)37-20-12-18(14-34-15-20)21-5-6-22-24(25(21)33)28(41-40-22)29-38-23-7-8-35-26(27(23)39-29)17-9-16(10-19(32)11-17)13-36-45(4,43)44/h5-12,14-15,36H,13H2,1-4H3,(H,37,42)(H,38,39)(H,40,41). The van der Waals surface area contributed by atoms with Crippen molar-refractivity contribution in [2.45, 2.75) is 27.3 Å². The molecule has 0 spiro atoms. The summed E-state index contributed by atoms with van der Waals surface area (Å²) in [5.74, 6) is -1.09. The van der Waals surface area contributed by atoms with E-state index in [1.807, 2.05) is 0 Å². The van der Waals surface area contributed by atoms with Crippen molar-refractivity contribution >= 4 is 43.6 Å². The Morgan fingerprint density at radius 1 is 0.978 bits per heavy atom. The molecule has 0 fully saturated rings. The van der Waals surface area contributed by atoms with E-state index in [9.17, 15) is 17.6 Å². The molecule has 0 aliphatic carbocycles. The number of fused-ring (bicyclic) bond motifs is 2. The molecule has 0 unspecified atom stereocenters. The summed E-state index contributed by atoms with van der Waals surface area (Å²) < 4.78 is 56.3. The SMILES string of the molecule is CC(C)(C)C(=O)Nc1cncc(-c2ccc3[nH]nc(-c4nc5c(-c6cc(F)cc(CNS(C)(=O)=O)c6)nccc5[nH]4)c3c2F)c1. The first-order valence-corrected chi connectivity index (χ1v) is 15.7. The number of benzene rings is 2. The summed E-state index contributed by atoms with van der Waals surface area (Å²) in [7, 11) is -3.49. The van der Waals surface area contributed by atoms with Crippen LogP contribution in [0.5, 0.6) is 0 Å². The highest BCUT2D eigenvalue weighted by Gasteiger charge is 2.23. The lowest BCUT2D eigenvalue weighted by molar-refractivity contribution is -0.123. The van der Waals surface area contributed by atoms with Crippen molar-refractivity contribution in [3.05, 3.63) is 78.3 Å². The third-order valence-corrected chi connectivity index (χ3v) is 7.72. The maximum Gasteiger partial charge on any atom is 0.229 e. The van der Waals surface area contributed by atoms with Crippen molar-refractivity contribution < 1.29 is 22.0 Å². The number of anilines is 1. The Morgan fingerprint density at radius 2 is 1.78 bits per heavy atom. The molecule has 4 aromatic heterocycles. The van der Waals surface area contributed by atoms with Crippen molar-refractivity contribution in [3.8, 4) is 33.9 Å². The fraction of sp³-hybridized carbons (Fsp3) is 0.194. The third-order valence-electron chi connectivity index (χ3n) is 7.05. The van der Waals surface area contributed by atoms with Gasteiger partial charge in [0.05, 0.1) is 40.3 Å². The average molecular weight is 631 g/mol. The first-order valence-electron chi connectivity index (χ1n) is 13.8. The molecule has 0 atom stereocenters. The van der Waals surface area contributed by atoms with Crippen LogP contribution >= 0.6 is 0 Å². The Hall–Kier alpha value is -5.08. The number of imidazole rings is 1. The highest BCUT2D eigenvalue weighted by molar-refractivity contribution is 7.88. The van der Waals surface area contributed by atoms with Gasteiger partial charge in [-0.3, -0.25) is 19.9 Å². The van der Waals surface area contributed by atoms with Gasteiger partial charge in [0, 0.05) is 41.0 Å². The number of H-pyrrole nitrogens is 2. The van der Waals surface area contributed by atoms with E-state index < -0.39 is 27.1 Å². The summed E-state index contributed by atoms with van der Waals surface area (Å²) in [5.41, 5.74) is 3.23. The quantitative estimate of drug-likeness (QED) is 0.180. The van der Waals surface area contributed by atoms with Gasteiger partial charge in [-0.1, -0.05) is 20.8 Å². The average Bonchev–Trinajstić information content (AvgIpc) is 3.60. The predicted octanol–water partition coefficient (Wildman–Crippen LogP) is 5.54. The maximum atomic E-state index is 16.2. The minimum atomic E-state index is -3.49. The number of nitrogens with one attached hydrogen (secondary N) is 4. The number of carbonyl (C=O) groups is 1. The van der Waals surface area contributed by atoms with Crippen LogP contribution in [0.1, 0.15) is 26.3 Å². The second-order valence-corrected chi connectivity index (χ2v) is 13.5. The van der Waals surface area contributed by atoms with E-state index in [2.05, 4.69) is 40.2 Å². The summed E-state index contributed by atoms with van der Waals surface area (Å²) in [6, 6.07) is 10.8. The Balaban J connectivity index is 1.40. The first kappa shape index (κ1) is 30.0. The first-order chi connectivity index (χ1) is 21.3. The van der Waals surface area contributed by atoms with Crippen LogP contribution in [0, 0.1) is 17.0 Å². The van der Waals surface area contributed by atoms with Crippen molar-refractivity contribution in [1.82, 2.24) is 34.9 Å². The number of hydrogen-bond acceptors (Lipinski definition) is 7. The molecule has 0 saturated carbocycles. The largest absolute Gasteiger partial charge is 0.336 e. The Labute approximate surface area is 256 Å². The Kier molecular flexibility index (Phi) is 7.41. The van der Waals surface area contributed by atoms with Crippen LogP contribution in [0.4, 0.5) is 14.5 Å². The number of nitrogens with zero attached hydrogens (tertiary/aromatic N) is 4. The maximum absolute atomic E-state index is 16.2. The minimum absolute atomic E-state index is 0.104. The zero-order valence-electron chi connectivity index (χ0n) is 24.7. The number of pyridine rings is 2. The van der Waals surface area contributed by atoms with Crippen LogP contribution < -0.4 is 10.0 Å². The molecule has 6 aromatic rings. The van der Waals surface area contributed by atoms with Gasteiger partial charge in [-0.2, -0.15) is 5.10 Å². The van der Waals surface area contributed by atoms with Gasteiger partial charge in [-0.15, -0.1) is 0 Å². The molecule has 14 heteroatoms. The molecule has 0 aliphatic rings. The Morgan fingerprint density at radius 3 is 2.53 bits per heavy atom. The lowest BCUT2D eigenvalue weighted by Crippen LogP contribution is -2.27. The molecule has 6 rings (SSSR count). The minimum Gasteiger partial charge on any atom is -0.336 e. The van der Waals surface area contributed by atoms with E-state index in [1.165, 1.54) is 30.7 Å². The molecule has 4 N–H and O–H groups in total. The zero-order chi connectivity index (χ0) is 32.1. The van der Waals surface area contributed by atoms with Crippen LogP contribution in [0.25, 0.3) is 55.8 Å². The van der Waals surface area contributed by atoms with Crippen molar-refractivity contribution in [2.24, 2.45) is 5.41 Å². The Bertz CT molecular complexity index is 2220. The topological polar surface area (TPSA) is 158 Å². The monoisotopic (exact) mass is 630 g/mol. The fourth-order valence-electron chi connectivity index (χ4n) is 4.80. The molecule has 11 nitrogen and oxygen atoms in total. The van der Waals surface area contributed by atoms with E-state index in [1.54, 1.807) is 51.1 Å². The number of hydrogen-bond donors (Lipinski definition) is 4. The van der Waals surface area contributed by atoms with Gasteiger partial charge in [0.25, 0.3) is 0 Å². The van der Waals surface area contributed by atoms with E-state index >= 15 is 4.39 Å². The van der Waals surface area contributed by atoms with Gasteiger partial charge in [0.15, 0.2) is 5.82 Å². The van der Waals surface area contributed by atoms with Gasteiger partial charge in [0.1, 0.15) is 22.8 Å². The number of rotatable bonds is 7. The molecular weight excluding hydrogens is 602 g/mol. The summed E-state index contributed by atoms with van der Waals surface area (Å²) in [4.78, 5) is 28.9. The van der Waals surface area contributed by atoms with Gasteiger partial charge in [-0.25, -0.2) is 26.9 Å². The fourth-order valence-corrected chi connectivity index (χ4v) is 5.23. The molecule has 0 saturated heterocycles. The van der Waals surface area contributed by atoms with Crippen molar-refractivity contribution in [1.29, 1.82) is 0 Å². The number of halogens is 2. The zero-order valence-corrected chi connectivity index (χ0v) is 25.5. The lowest BCUT2D eigenvalue weighted by Gasteiger charge is -2.17. The van der Waals surface area contributed by atoms with Crippen LogP contribution in [-0.4, -0.2) is 50.7 Å². The summed E-state index contributed by atoms with van der Waals surface area (Å²) >= 11 is 0. The van der Waals surface area contributed by atoms with Gasteiger partial charge >= 0.3 is 0 Å². The molecule has 1 amide bonds. The van der Waals surface area contributed by atoms with Crippen molar-refractivity contribution in [2.75, 3.05) is 11.6 Å². The van der Waals surface area contributed by atoms with E-state index in [0.29, 0.717) is 44.6 Å². The summed E-state index contributed by atoms with van der Waals surface area (Å²) in [6.45, 7) is 5.27. The normalized spacial score (nSPS) is 12.2. The second kappa shape index (κ2) is 11.1. The number of sulfonamides is 1. The molecule has 0 bridgehead atoms. The van der Waals surface area contributed by atoms with E-state index in [-0.39, 0.29) is 34.9 Å². The molecular formula is C31H28F2N8O3S. The molecule has 4 heterocycles. The number of aromatic amines is 2. The van der Waals surface area contributed by atoms with Crippen LogP contribution in [-0.2, 0) is 21.4 Å². The van der Waals surface area contributed by atoms with E-state index in [4.69, 9.17) is 0 Å². The van der Waals surface area contributed by atoms with Crippen LogP contribution in [0.15, 0.2) is 61.1 Å². The highest BCUT2D eigenvalue weighted by Crippen LogP contribution is 2.35. The number of aromatic nitrogens is 6. The van der Waals surface area contributed by atoms with E-state index in [0.717, 1.165) is 6.26 Å². The second-order valence-electron chi connectivity index (χ2n) is 11.7. The predicted molar refractivity (Wildman–Crippen MR) is 167 cm³/mol. The lowest BCUT2D eigenvalue weighted by atomic mass is 9.95. The number of carbonyl (C=O) groups excluding carboxylic acids is 1. The molecule has 230 valence electrons. The summed E-state index contributed by atoms with van der Waals surface area (Å²) in [6.07, 6.45) is 5.55. The molecule has 45 heavy (non-hydrogen) atoms. The van der Waals surface area contributed by atoms with Gasteiger partial charge < -0.3 is 10.3 Å². The molecule has 2 aromatic carbocycles. The van der Waals surface area contributed by atoms with Gasteiger partial charge in [-0.05, 0) is 48.0 Å². The van der Waals surface area contributed by atoms with Crippen molar-refractivity contribution in [3.63, 3.8) is 0 Å². The van der Waals surface area contributed by atoms with Gasteiger partial charge in [0.2, 0.25) is 15.9 Å². The van der Waals surface area contributed by atoms with Crippen LogP contribution in [0.2, 0.25) is 0 Å². The smallest absolute Gasteiger partial charge is 0.229 e.